The summed E-state index contributed by atoms with van der Waals surface area (Å²) >= 11 is 0. The molecule has 0 radical (unpaired) electrons. The highest BCUT2D eigenvalue weighted by Gasteiger charge is 2.30. The zero-order valence-corrected chi connectivity index (χ0v) is 9.75. The van der Waals surface area contributed by atoms with Crippen LogP contribution >= 0.6 is 0 Å². The molecule has 1 rings (SSSR count). The smallest absolute Gasteiger partial charge is 0.417 e. The SMILES string of the molecule is CCOC(=O)C(=O)NNc1ccc(C(F)(F)F)cn1. The first kappa shape index (κ1) is 14.7. The molecule has 1 heterocycles. The van der Waals surface area contributed by atoms with Crippen LogP contribution in [-0.4, -0.2) is 23.5 Å². The third kappa shape index (κ3) is 4.45. The quantitative estimate of drug-likeness (QED) is 0.491. The molecule has 1 amide bonds. The maximum atomic E-state index is 12.2. The number of hydrazine groups is 1. The lowest BCUT2D eigenvalue weighted by Crippen LogP contribution is -2.36. The van der Waals surface area contributed by atoms with E-state index in [0.29, 0.717) is 6.20 Å². The number of carbonyl (C=O) groups is 2. The standard InChI is InChI=1S/C10H10F3N3O3/c1-2-19-9(18)8(17)16-15-7-4-3-6(5-14-7)10(11,12)13/h3-5H,2H2,1H3,(H,14,15)(H,16,17). The van der Waals surface area contributed by atoms with E-state index < -0.39 is 23.6 Å². The number of anilines is 1. The molecular formula is C10H10F3N3O3. The molecule has 2 N–H and O–H groups in total. The fourth-order valence-electron chi connectivity index (χ4n) is 1.00. The number of aromatic nitrogens is 1. The number of rotatable bonds is 3. The van der Waals surface area contributed by atoms with Gasteiger partial charge in [-0.25, -0.2) is 9.78 Å². The van der Waals surface area contributed by atoms with Crippen molar-refractivity contribution in [2.75, 3.05) is 12.0 Å². The molecule has 6 nitrogen and oxygen atoms in total. The molecule has 0 aromatic carbocycles. The van der Waals surface area contributed by atoms with Gasteiger partial charge in [-0.3, -0.25) is 15.6 Å². The minimum Gasteiger partial charge on any atom is -0.459 e. The van der Waals surface area contributed by atoms with Crippen LogP contribution < -0.4 is 10.9 Å². The molecule has 0 unspecified atom stereocenters. The summed E-state index contributed by atoms with van der Waals surface area (Å²) in [7, 11) is 0. The third-order valence-corrected chi connectivity index (χ3v) is 1.86. The number of nitrogens with zero attached hydrogens (tertiary/aromatic N) is 1. The first-order chi connectivity index (χ1) is 8.84. The van der Waals surface area contributed by atoms with Gasteiger partial charge < -0.3 is 4.74 Å². The number of amides is 1. The Labute approximate surface area is 105 Å². The summed E-state index contributed by atoms with van der Waals surface area (Å²) in [6.07, 6.45) is -3.89. The van der Waals surface area contributed by atoms with E-state index in [4.69, 9.17) is 0 Å². The number of carbonyl (C=O) groups excluding carboxylic acids is 2. The molecule has 0 bridgehead atoms. The van der Waals surface area contributed by atoms with Gasteiger partial charge in [-0.05, 0) is 19.1 Å². The van der Waals surface area contributed by atoms with Gasteiger partial charge in [0.2, 0.25) is 0 Å². The molecule has 9 heteroatoms. The highest BCUT2D eigenvalue weighted by molar-refractivity contribution is 6.32. The van der Waals surface area contributed by atoms with E-state index in [2.05, 4.69) is 15.1 Å². The number of alkyl halides is 3. The molecule has 0 aliphatic carbocycles. The number of nitrogens with one attached hydrogen (secondary N) is 2. The Morgan fingerprint density at radius 2 is 2.05 bits per heavy atom. The predicted molar refractivity (Wildman–Crippen MR) is 57.6 cm³/mol. The summed E-state index contributed by atoms with van der Waals surface area (Å²) in [5.41, 5.74) is 3.20. The number of ether oxygens (including phenoxy) is 1. The summed E-state index contributed by atoms with van der Waals surface area (Å²) in [5.74, 6) is -2.24. The topological polar surface area (TPSA) is 80.3 Å². The second kappa shape index (κ2) is 6.03. The van der Waals surface area contributed by atoms with Crippen LogP contribution in [0.4, 0.5) is 19.0 Å². The van der Waals surface area contributed by atoms with Crippen molar-refractivity contribution < 1.29 is 27.5 Å². The Bertz CT molecular complexity index is 459. The van der Waals surface area contributed by atoms with Crippen molar-refractivity contribution in [2.24, 2.45) is 0 Å². The Hall–Kier alpha value is -2.32. The minimum atomic E-state index is -4.49. The second-order valence-electron chi connectivity index (χ2n) is 3.23. The summed E-state index contributed by atoms with van der Waals surface area (Å²) in [5, 5.41) is 0. The third-order valence-electron chi connectivity index (χ3n) is 1.86. The molecule has 0 saturated carbocycles. The molecule has 0 saturated heterocycles. The zero-order chi connectivity index (χ0) is 14.5. The Morgan fingerprint density at radius 1 is 1.37 bits per heavy atom. The van der Waals surface area contributed by atoms with E-state index in [-0.39, 0.29) is 12.4 Å². The predicted octanol–water partition coefficient (Wildman–Crippen LogP) is 1.11. The molecule has 0 fully saturated rings. The average molecular weight is 277 g/mol. The molecule has 19 heavy (non-hydrogen) atoms. The van der Waals surface area contributed by atoms with Crippen LogP contribution in [0.3, 0.4) is 0 Å². The lowest BCUT2D eigenvalue weighted by molar-refractivity contribution is -0.154. The largest absolute Gasteiger partial charge is 0.459 e. The molecule has 1 aromatic heterocycles. The number of hydrogen-bond donors (Lipinski definition) is 2. The van der Waals surface area contributed by atoms with E-state index in [1.54, 1.807) is 0 Å². The summed E-state index contributed by atoms with van der Waals surface area (Å²) in [4.78, 5) is 25.4. The molecule has 0 aliphatic heterocycles. The maximum Gasteiger partial charge on any atom is 0.417 e. The number of esters is 1. The molecule has 1 aromatic rings. The van der Waals surface area contributed by atoms with Crippen LogP contribution in [-0.2, 0) is 20.5 Å². The summed E-state index contributed by atoms with van der Waals surface area (Å²) < 4.78 is 41.1. The lowest BCUT2D eigenvalue weighted by atomic mass is 10.3. The van der Waals surface area contributed by atoms with E-state index in [1.165, 1.54) is 6.92 Å². The van der Waals surface area contributed by atoms with Crippen molar-refractivity contribution in [1.29, 1.82) is 0 Å². The number of hydrogen-bond acceptors (Lipinski definition) is 5. The summed E-state index contributed by atoms with van der Waals surface area (Å²) in [6, 6.07) is 1.79. The first-order valence-corrected chi connectivity index (χ1v) is 5.11. The van der Waals surface area contributed by atoms with Crippen LogP contribution in [0, 0.1) is 0 Å². The van der Waals surface area contributed by atoms with Crippen molar-refractivity contribution in [2.45, 2.75) is 13.1 Å². The molecule has 0 atom stereocenters. The fourth-order valence-corrected chi connectivity index (χ4v) is 1.00. The molecule has 104 valence electrons. The van der Waals surface area contributed by atoms with Gasteiger partial charge in [0.15, 0.2) is 0 Å². The van der Waals surface area contributed by atoms with E-state index >= 15 is 0 Å². The van der Waals surface area contributed by atoms with E-state index in [1.807, 2.05) is 5.43 Å². The van der Waals surface area contributed by atoms with Gasteiger partial charge in [0.05, 0.1) is 12.2 Å². The van der Waals surface area contributed by atoms with Crippen molar-refractivity contribution in [3.8, 4) is 0 Å². The second-order valence-corrected chi connectivity index (χ2v) is 3.23. The van der Waals surface area contributed by atoms with Crippen LogP contribution in [0.5, 0.6) is 0 Å². The average Bonchev–Trinajstić information content (AvgIpc) is 2.35. The van der Waals surface area contributed by atoms with Crippen LogP contribution in [0.15, 0.2) is 18.3 Å². The van der Waals surface area contributed by atoms with Crippen molar-refractivity contribution >= 4 is 17.7 Å². The van der Waals surface area contributed by atoms with Gasteiger partial charge in [0.25, 0.3) is 0 Å². The highest BCUT2D eigenvalue weighted by atomic mass is 19.4. The number of halogens is 3. The maximum absolute atomic E-state index is 12.2. The zero-order valence-electron chi connectivity index (χ0n) is 9.75. The van der Waals surface area contributed by atoms with Gasteiger partial charge in [0.1, 0.15) is 5.82 Å². The molecular weight excluding hydrogens is 267 g/mol. The van der Waals surface area contributed by atoms with Gasteiger partial charge >= 0.3 is 18.1 Å². The van der Waals surface area contributed by atoms with Crippen LogP contribution in [0.25, 0.3) is 0 Å². The Kier molecular flexibility index (Phi) is 4.67. The van der Waals surface area contributed by atoms with Gasteiger partial charge in [-0.15, -0.1) is 0 Å². The van der Waals surface area contributed by atoms with Gasteiger partial charge in [0, 0.05) is 6.20 Å². The van der Waals surface area contributed by atoms with E-state index in [0.717, 1.165) is 12.1 Å². The molecule has 0 aliphatic rings. The van der Waals surface area contributed by atoms with Crippen LogP contribution in [0.1, 0.15) is 12.5 Å². The van der Waals surface area contributed by atoms with Gasteiger partial charge in [-0.2, -0.15) is 13.2 Å². The normalized spacial score (nSPS) is 10.7. The van der Waals surface area contributed by atoms with Crippen molar-refractivity contribution in [3.63, 3.8) is 0 Å². The monoisotopic (exact) mass is 277 g/mol. The first-order valence-electron chi connectivity index (χ1n) is 5.11. The highest BCUT2D eigenvalue weighted by Crippen LogP contribution is 2.28. The van der Waals surface area contributed by atoms with Crippen LogP contribution in [0.2, 0.25) is 0 Å². The van der Waals surface area contributed by atoms with Crippen molar-refractivity contribution in [3.05, 3.63) is 23.9 Å². The minimum absolute atomic E-state index is 0.0325. The Morgan fingerprint density at radius 3 is 2.53 bits per heavy atom. The van der Waals surface area contributed by atoms with Gasteiger partial charge in [-0.1, -0.05) is 0 Å². The van der Waals surface area contributed by atoms with E-state index in [9.17, 15) is 22.8 Å². The fraction of sp³-hybridized carbons (Fsp3) is 0.300. The van der Waals surface area contributed by atoms with Crippen molar-refractivity contribution in [1.82, 2.24) is 10.4 Å². The lowest BCUT2D eigenvalue weighted by Gasteiger charge is -2.09. The molecule has 0 spiro atoms. The number of pyridine rings is 1. The summed E-state index contributed by atoms with van der Waals surface area (Å²) in [6.45, 7) is 1.56. The Balaban J connectivity index is 2.55.